The molecule has 1 aromatic carbocycles. The van der Waals surface area contributed by atoms with Gasteiger partial charge in [-0.3, -0.25) is 0 Å². The van der Waals surface area contributed by atoms with Crippen LogP contribution in [0.1, 0.15) is 34.6 Å². The van der Waals surface area contributed by atoms with E-state index in [1.54, 1.807) is 6.07 Å². The fourth-order valence-corrected chi connectivity index (χ4v) is 2.04. The van der Waals surface area contributed by atoms with Gasteiger partial charge in [-0.1, -0.05) is 24.3 Å². The summed E-state index contributed by atoms with van der Waals surface area (Å²) in [7, 11) is 0. The molecule has 2 N–H and O–H groups in total. The number of benzene rings is 1. The summed E-state index contributed by atoms with van der Waals surface area (Å²) in [6, 6.07) is 11.5. The Morgan fingerprint density at radius 2 is 2.05 bits per heavy atom. The predicted octanol–water partition coefficient (Wildman–Crippen LogP) is 3.26. The molecule has 1 unspecified atom stereocenters. The molecule has 2 aromatic rings. The molecule has 0 bridgehead atoms. The predicted molar refractivity (Wildman–Crippen MR) is 74.4 cm³/mol. The normalized spacial score (nSPS) is 11.9. The Bertz CT molecular complexity index is 596. The van der Waals surface area contributed by atoms with E-state index in [2.05, 4.69) is 29.4 Å². The molecule has 1 aromatic heterocycles. The smallest absolute Gasteiger partial charge is 0.354 e. The topological polar surface area (TPSA) is 62.2 Å². The maximum Gasteiger partial charge on any atom is 0.354 e. The van der Waals surface area contributed by atoms with Crippen LogP contribution in [-0.2, 0) is 0 Å². The van der Waals surface area contributed by atoms with Crippen molar-refractivity contribution >= 4 is 11.7 Å². The number of nitrogens with zero attached hydrogens (tertiary/aromatic N) is 1. The van der Waals surface area contributed by atoms with Gasteiger partial charge in [-0.05, 0) is 37.1 Å². The number of rotatable bonds is 4. The quantitative estimate of drug-likeness (QED) is 0.881. The molecule has 4 nitrogen and oxygen atoms in total. The number of aromatic carboxylic acids is 1. The van der Waals surface area contributed by atoms with Gasteiger partial charge in [0.15, 0.2) is 0 Å². The molecule has 0 aliphatic heterocycles. The molecular weight excluding hydrogens is 240 g/mol. The highest BCUT2D eigenvalue weighted by Crippen LogP contribution is 2.21. The van der Waals surface area contributed by atoms with Gasteiger partial charge in [0.1, 0.15) is 5.69 Å². The third-order valence-corrected chi connectivity index (χ3v) is 3.02. The zero-order valence-electron chi connectivity index (χ0n) is 10.9. The number of carbonyl (C=O) groups is 1. The van der Waals surface area contributed by atoms with Gasteiger partial charge in [-0.15, -0.1) is 0 Å². The van der Waals surface area contributed by atoms with E-state index in [1.165, 1.54) is 23.4 Å². The number of anilines is 1. The van der Waals surface area contributed by atoms with Crippen molar-refractivity contribution in [3.05, 3.63) is 59.4 Å². The van der Waals surface area contributed by atoms with Crippen molar-refractivity contribution in [2.45, 2.75) is 19.9 Å². The highest BCUT2D eigenvalue weighted by Gasteiger charge is 2.09. The standard InChI is InChI=1S/C15H16N2O2/c1-10-5-3-4-6-13(10)11(2)17-12-7-8-16-14(9-12)15(18)19/h3-9,11H,1-2H3,(H,16,17)(H,18,19). The highest BCUT2D eigenvalue weighted by molar-refractivity contribution is 5.86. The Morgan fingerprint density at radius 3 is 2.74 bits per heavy atom. The molecule has 1 atom stereocenters. The first-order valence-electron chi connectivity index (χ1n) is 6.09. The molecule has 2 rings (SSSR count). The Labute approximate surface area is 112 Å². The lowest BCUT2D eigenvalue weighted by molar-refractivity contribution is 0.0690. The molecule has 19 heavy (non-hydrogen) atoms. The number of hydrogen-bond donors (Lipinski definition) is 2. The van der Waals surface area contributed by atoms with Crippen molar-refractivity contribution in [2.75, 3.05) is 5.32 Å². The number of carboxylic acid groups (broad SMARTS) is 1. The monoisotopic (exact) mass is 256 g/mol. The second kappa shape index (κ2) is 5.52. The molecule has 0 fully saturated rings. The molecule has 4 heteroatoms. The molecule has 0 spiro atoms. The van der Waals surface area contributed by atoms with Gasteiger partial charge < -0.3 is 10.4 Å². The van der Waals surface area contributed by atoms with Crippen LogP contribution in [0.4, 0.5) is 5.69 Å². The first-order valence-corrected chi connectivity index (χ1v) is 6.09. The number of pyridine rings is 1. The van der Waals surface area contributed by atoms with E-state index in [0.717, 1.165) is 5.69 Å². The summed E-state index contributed by atoms with van der Waals surface area (Å²) in [4.78, 5) is 14.7. The minimum Gasteiger partial charge on any atom is -0.477 e. The number of aromatic nitrogens is 1. The van der Waals surface area contributed by atoms with Crippen LogP contribution in [0.2, 0.25) is 0 Å². The Kier molecular flexibility index (Phi) is 3.80. The average Bonchev–Trinajstić information content (AvgIpc) is 2.39. The van der Waals surface area contributed by atoms with Crippen LogP contribution in [0, 0.1) is 6.92 Å². The van der Waals surface area contributed by atoms with Gasteiger partial charge in [-0.25, -0.2) is 9.78 Å². The van der Waals surface area contributed by atoms with E-state index in [-0.39, 0.29) is 11.7 Å². The Morgan fingerprint density at radius 1 is 1.32 bits per heavy atom. The Hall–Kier alpha value is -2.36. The maximum atomic E-state index is 10.9. The summed E-state index contributed by atoms with van der Waals surface area (Å²) in [6.07, 6.45) is 1.50. The van der Waals surface area contributed by atoms with Gasteiger partial charge in [0.2, 0.25) is 0 Å². The van der Waals surface area contributed by atoms with E-state index in [0.29, 0.717) is 0 Å². The van der Waals surface area contributed by atoms with Gasteiger partial charge in [0.25, 0.3) is 0 Å². The zero-order valence-corrected chi connectivity index (χ0v) is 10.9. The van der Waals surface area contributed by atoms with E-state index < -0.39 is 5.97 Å². The SMILES string of the molecule is Cc1ccccc1C(C)Nc1ccnc(C(=O)O)c1. The minimum atomic E-state index is -1.02. The van der Waals surface area contributed by atoms with Crippen molar-refractivity contribution in [3.63, 3.8) is 0 Å². The minimum absolute atomic E-state index is 0.0435. The molecule has 0 amide bonds. The second-order valence-corrected chi connectivity index (χ2v) is 4.46. The summed E-state index contributed by atoms with van der Waals surface area (Å²) in [5.41, 5.74) is 3.19. The van der Waals surface area contributed by atoms with Gasteiger partial charge >= 0.3 is 5.97 Å². The lowest BCUT2D eigenvalue weighted by Crippen LogP contribution is -2.09. The summed E-state index contributed by atoms with van der Waals surface area (Å²) in [5.74, 6) is -1.02. The Balaban J connectivity index is 2.19. The maximum absolute atomic E-state index is 10.9. The second-order valence-electron chi connectivity index (χ2n) is 4.46. The lowest BCUT2D eigenvalue weighted by Gasteiger charge is -2.17. The number of carboxylic acids is 1. The first-order chi connectivity index (χ1) is 9.08. The third-order valence-electron chi connectivity index (χ3n) is 3.02. The van der Waals surface area contributed by atoms with Crippen LogP contribution in [-0.4, -0.2) is 16.1 Å². The first kappa shape index (κ1) is 13.1. The van der Waals surface area contributed by atoms with Crippen LogP contribution in [0.25, 0.3) is 0 Å². The highest BCUT2D eigenvalue weighted by atomic mass is 16.4. The molecule has 1 heterocycles. The van der Waals surface area contributed by atoms with Gasteiger partial charge in [0, 0.05) is 17.9 Å². The van der Waals surface area contributed by atoms with Crippen molar-refractivity contribution < 1.29 is 9.90 Å². The van der Waals surface area contributed by atoms with E-state index in [1.807, 2.05) is 19.1 Å². The molecule has 0 aliphatic rings. The van der Waals surface area contributed by atoms with Crippen LogP contribution in [0.15, 0.2) is 42.6 Å². The summed E-state index contributed by atoms with van der Waals surface area (Å²) < 4.78 is 0. The van der Waals surface area contributed by atoms with Crippen molar-refractivity contribution in [3.8, 4) is 0 Å². The van der Waals surface area contributed by atoms with Crippen molar-refractivity contribution in [1.82, 2.24) is 4.98 Å². The molecule has 98 valence electrons. The number of hydrogen-bond acceptors (Lipinski definition) is 3. The van der Waals surface area contributed by atoms with Crippen LogP contribution in [0.5, 0.6) is 0 Å². The molecule has 0 aliphatic carbocycles. The zero-order chi connectivity index (χ0) is 13.8. The molecule has 0 saturated carbocycles. The van der Waals surface area contributed by atoms with E-state index in [9.17, 15) is 4.79 Å². The fourth-order valence-electron chi connectivity index (χ4n) is 2.04. The van der Waals surface area contributed by atoms with E-state index in [4.69, 9.17) is 5.11 Å². The average molecular weight is 256 g/mol. The van der Waals surface area contributed by atoms with Gasteiger partial charge in [0.05, 0.1) is 0 Å². The van der Waals surface area contributed by atoms with Crippen LogP contribution in [0.3, 0.4) is 0 Å². The number of aryl methyl sites for hydroxylation is 1. The van der Waals surface area contributed by atoms with Crippen LogP contribution >= 0.6 is 0 Å². The molecular formula is C15H16N2O2. The summed E-state index contributed by atoms with van der Waals surface area (Å²) in [5, 5.41) is 12.2. The van der Waals surface area contributed by atoms with Crippen LogP contribution < -0.4 is 5.32 Å². The third kappa shape index (κ3) is 3.10. The molecule has 0 radical (unpaired) electrons. The fraction of sp³-hybridized carbons (Fsp3) is 0.200. The van der Waals surface area contributed by atoms with Gasteiger partial charge in [-0.2, -0.15) is 0 Å². The van der Waals surface area contributed by atoms with E-state index >= 15 is 0 Å². The van der Waals surface area contributed by atoms with Crippen molar-refractivity contribution in [2.24, 2.45) is 0 Å². The van der Waals surface area contributed by atoms with Crippen molar-refractivity contribution in [1.29, 1.82) is 0 Å². The summed E-state index contributed by atoms with van der Waals surface area (Å²) >= 11 is 0. The summed E-state index contributed by atoms with van der Waals surface area (Å²) in [6.45, 7) is 4.10. The lowest BCUT2D eigenvalue weighted by atomic mass is 10.0. The number of nitrogens with one attached hydrogen (secondary N) is 1. The largest absolute Gasteiger partial charge is 0.477 e. The molecule has 0 saturated heterocycles.